The number of rotatable bonds is 4. The maximum Gasteiger partial charge on any atom is 0.325 e. The van der Waals surface area contributed by atoms with Crippen molar-refractivity contribution >= 4 is 17.8 Å². The molecular formula is C15H19N3O3. The zero-order valence-corrected chi connectivity index (χ0v) is 12.3. The smallest absolute Gasteiger partial charge is 0.325 e. The molecule has 6 nitrogen and oxygen atoms in total. The predicted molar refractivity (Wildman–Crippen MR) is 77.3 cm³/mol. The Bertz CT molecular complexity index is 569. The van der Waals surface area contributed by atoms with Gasteiger partial charge in [-0.1, -0.05) is 30.3 Å². The van der Waals surface area contributed by atoms with E-state index in [4.69, 9.17) is 0 Å². The van der Waals surface area contributed by atoms with Crippen LogP contribution in [0.25, 0.3) is 0 Å². The number of nitrogens with zero attached hydrogens (tertiary/aromatic N) is 1. The quantitative estimate of drug-likeness (QED) is 0.817. The molecule has 1 saturated heterocycles. The first-order chi connectivity index (χ1) is 9.81. The molecule has 0 spiro atoms. The van der Waals surface area contributed by atoms with Crippen molar-refractivity contribution in [1.82, 2.24) is 15.5 Å². The standard InChI is InChI=1S/C15H19N3O3/c1-10(11-7-5-4-6-8-11)16-12(19)9-18-13(20)15(2,3)17-14(18)21/h4-8,10H,9H2,1-3H3,(H,16,19)(H,17,21). The summed E-state index contributed by atoms with van der Waals surface area (Å²) in [4.78, 5) is 36.6. The molecule has 1 aliphatic heterocycles. The molecule has 1 aromatic rings. The van der Waals surface area contributed by atoms with E-state index in [0.29, 0.717) is 0 Å². The second-order valence-electron chi connectivity index (χ2n) is 5.65. The fraction of sp³-hybridized carbons (Fsp3) is 0.400. The van der Waals surface area contributed by atoms with Crippen molar-refractivity contribution in [3.8, 4) is 0 Å². The highest BCUT2D eigenvalue weighted by Crippen LogP contribution is 2.16. The van der Waals surface area contributed by atoms with E-state index in [1.807, 2.05) is 37.3 Å². The minimum absolute atomic E-state index is 0.188. The Morgan fingerprint density at radius 1 is 1.29 bits per heavy atom. The summed E-state index contributed by atoms with van der Waals surface area (Å²) in [6, 6.07) is 8.76. The molecule has 0 aromatic heterocycles. The van der Waals surface area contributed by atoms with E-state index in [9.17, 15) is 14.4 Å². The van der Waals surface area contributed by atoms with E-state index in [-0.39, 0.29) is 18.5 Å². The van der Waals surface area contributed by atoms with Gasteiger partial charge in [-0.15, -0.1) is 0 Å². The van der Waals surface area contributed by atoms with E-state index in [2.05, 4.69) is 10.6 Å². The van der Waals surface area contributed by atoms with Gasteiger partial charge in [-0.3, -0.25) is 14.5 Å². The molecule has 2 N–H and O–H groups in total. The van der Waals surface area contributed by atoms with E-state index in [1.165, 1.54) is 0 Å². The number of nitrogens with one attached hydrogen (secondary N) is 2. The Hall–Kier alpha value is -2.37. The van der Waals surface area contributed by atoms with Crippen LogP contribution >= 0.6 is 0 Å². The third kappa shape index (κ3) is 3.21. The van der Waals surface area contributed by atoms with Gasteiger partial charge in [-0.25, -0.2) is 4.79 Å². The van der Waals surface area contributed by atoms with Crippen LogP contribution < -0.4 is 10.6 Å². The van der Waals surface area contributed by atoms with Gasteiger partial charge in [-0.05, 0) is 26.3 Å². The molecule has 21 heavy (non-hydrogen) atoms. The Kier molecular flexibility index (Phi) is 3.97. The average Bonchev–Trinajstić information content (AvgIpc) is 2.62. The molecule has 0 bridgehead atoms. The number of hydrogen-bond acceptors (Lipinski definition) is 3. The van der Waals surface area contributed by atoms with Crippen LogP contribution in [-0.2, 0) is 9.59 Å². The first-order valence-corrected chi connectivity index (χ1v) is 6.79. The highest BCUT2D eigenvalue weighted by Gasteiger charge is 2.44. The van der Waals surface area contributed by atoms with E-state index in [0.717, 1.165) is 10.5 Å². The lowest BCUT2D eigenvalue weighted by atomic mass is 10.1. The van der Waals surface area contributed by atoms with Crippen LogP contribution in [0.5, 0.6) is 0 Å². The Morgan fingerprint density at radius 2 is 1.90 bits per heavy atom. The number of benzene rings is 1. The zero-order valence-electron chi connectivity index (χ0n) is 12.3. The highest BCUT2D eigenvalue weighted by atomic mass is 16.2. The number of imide groups is 1. The van der Waals surface area contributed by atoms with E-state index in [1.54, 1.807) is 13.8 Å². The molecule has 0 radical (unpaired) electrons. The van der Waals surface area contributed by atoms with Gasteiger partial charge >= 0.3 is 6.03 Å². The van der Waals surface area contributed by atoms with Crippen molar-refractivity contribution in [1.29, 1.82) is 0 Å². The van der Waals surface area contributed by atoms with Crippen molar-refractivity contribution in [2.75, 3.05) is 6.54 Å². The van der Waals surface area contributed by atoms with E-state index >= 15 is 0 Å². The Labute approximate surface area is 123 Å². The summed E-state index contributed by atoms with van der Waals surface area (Å²) >= 11 is 0. The number of hydrogen-bond donors (Lipinski definition) is 2. The highest BCUT2D eigenvalue weighted by molar-refractivity contribution is 6.08. The molecule has 6 heteroatoms. The van der Waals surface area contributed by atoms with Gasteiger partial charge in [0.25, 0.3) is 5.91 Å². The number of amides is 4. The molecule has 2 rings (SSSR count). The fourth-order valence-electron chi connectivity index (χ4n) is 2.22. The second-order valence-corrected chi connectivity index (χ2v) is 5.65. The van der Waals surface area contributed by atoms with E-state index < -0.39 is 17.5 Å². The third-order valence-corrected chi connectivity index (χ3v) is 3.42. The van der Waals surface area contributed by atoms with Crippen LogP contribution in [0.4, 0.5) is 4.79 Å². The van der Waals surface area contributed by atoms with Gasteiger partial charge in [0, 0.05) is 0 Å². The lowest BCUT2D eigenvalue weighted by Crippen LogP contribution is -2.43. The zero-order chi connectivity index (χ0) is 15.6. The maximum atomic E-state index is 12.0. The van der Waals surface area contributed by atoms with Gasteiger partial charge in [0.2, 0.25) is 5.91 Å². The van der Waals surface area contributed by atoms with Crippen LogP contribution in [0, 0.1) is 0 Å². The molecule has 1 aromatic carbocycles. The first-order valence-electron chi connectivity index (χ1n) is 6.79. The SMILES string of the molecule is CC(NC(=O)CN1C(=O)NC(C)(C)C1=O)c1ccccc1. The Morgan fingerprint density at radius 3 is 2.43 bits per heavy atom. The van der Waals surface area contributed by atoms with Gasteiger partial charge in [0.05, 0.1) is 6.04 Å². The molecule has 1 heterocycles. The van der Waals surface area contributed by atoms with Gasteiger partial charge in [0.1, 0.15) is 12.1 Å². The lowest BCUT2D eigenvalue weighted by Gasteiger charge is -2.18. The monoisotopic (exact) mass is 289 g/mol. The van der Waals surface area contributed by atoms with Crippen molar-refractivity contribution < 1.29 is 14.4 Å². The van der Waals surface area contributed by atoms with Crippen molar-refractivity contribution in [2.45, 2.75) is 32.4 Å². The van der Waals surface area contributed by atoms with Crippen LogP contribution in [0.3, 0.4) is 0 Å². The van der Waals surface area contributed by atoms with Crippen LogP contribution in [0.1, 0.15) is 32.4 Å². The molecular weight excluding hydrogens is 270 g/mol. The molecule has 4 amide bonds. The molecule has 1 aliphatic rings. The average molecular weight is 289 g/mol. The molecule has 1 unspecified atom stereocenters. The summed E-state index contributed by atoms with van der Waals surface area (Å²) in [5.41, 5.74) is 0.00552. The summed E-state index contributed by atoms with van der Waals surface area (Å²) in [6.45, 7) is 4.80. The maximum absolute atomic E-state index is 12.0. The van der Waals surface area contributed by atoms with Crippen molar-refractivity contribution in [3.63, 3.8) is 0 Å². The molecule has 0 saturated carbocycles. The summed E-state index contributed by atoms with van der Waals surface area (Å²) in [6.07, 6.45) is 0. The number of carbonyl (C=O) groups excluding carboxylic acids is 3. The molecule has 1 atom stereocenters. The second kappa shape index (κ2) is 5.55. The normalized spacial score (nSPS) is 18.3. The fourth-order valence-corrected chi connectivity index (χ4v) is 2.22. The third-order valence-electron chi connectivity index (χ3n) is 3.42. The van der Waals surface area contributed by atoms with Gasteiger partial charge in [0.15, 0.2) is 0 Å². The summed E-state index contributed by atoms with van der Waals surface area (Å²) in [5.74, 6) is -0.762. The summed E-state index contributed by atoms with van der Waals surface area (Å²) in [7, 11) is 0. The minimum Gasteiger partial charge on any atom is -0.348 e. The first kappa shape index (κ1) is 15.0. The van der Waals surface area contributed by atoms with Crippen LogP contribution in [-0.4, -0.2) is 34.8 Å². The molecule has 1 fully saturated rings. The van der Waals surface area contributed by atoms with Crippen LogP contribution in [0.15, 0.2) is 30.3 Å². The topological polar surface area (TPSA) is 78.5 Å². The molecule has 112 valence electrons. The van der Waals surface area contributed by atoms with Gasteiger partial charge in [-0.2, -0.15) is 0 Å². The Balaban J connectivity index is 1.97. The molecule has 0 aliphatic carbocycles. The van der Waals surface area contributed by atoms with Crippen molar-refractivity contribution in [2.24, 2.45) is 0 Å². The number of urea groups is 1. The largest absolute Gasteiger partial charge is 0.348 e. The predicted octanol–water partition coefficient (Wildman–Crippen LogP) is 1.19. The minimum atomic E-state index is -0.956. The number of carbonyl (C=O) groups is 3. The van der Waals surface area contributed by atoms with Gasteiger partial charge < -0.3 is 10.6 Å². The summed E-state index contributed by atoms with van der Waals surface area (Å²) < 4.78 is 0. The lowest BCUT2D eigenvalue weighted by molar-refractivity contribution is -0.134. The summed E-state index contributed by atoms with van der Waals surface area (Å²) in [5, 5.41) is 5.32. The van der Waals surface area contributed by atoms with Crippen molar-refractivity contribution in [3.05, 3.63) is 35.9 Å². The van der Waals surface area contributed by atoms with Crippen LogP contribution in [0.2, 0.25) is 0 Å².